The number of pyridine rings is 3. The molecule has 0 aliphatic carbocycles. The molecule has 0 unspecified atom stereocenters. The van der Waals surface area contributed by atoms with Gasteiger partial charge in [0.25, 0.3) is 0 Å². The Labute approximate surface area is 738 Å². The molecule has 6 aromatic heterocycles. The topological polar surface area (TPSA) is 332 Å². The minimum absolute atomic E-state index is 0.00412. The van der Waals surface area contributed by atoms with Gasteiger partial charge in [-0.1, -0.05) is 89.3 Å². The quantitative estimate of drug-likeness (QED) is 0.0220. The molecule has 6 N–H and O–H groups in total. The number of halogens is 6. The number of piperidine rings is 2. The van der Waals surface area contributed by atoms with E-state index in [0.717, 1.165) is 87.7 Å². The van der Waals surface area contributed by atoms with Crippen LogP contribution in [0.15, 0.2) is 93.0 Å². The van der Waals surface area contributed by atoms with Crippen LogP contribution in [-0.2, 0) is 28.6 Å². The van der Waals surface area contributed by atoms with Gasteiger partial charge < -0.3 is 89.2 Å². The summed E-state index contributed by atoms with van der Waals surface area (Å²) in [4.78, 5) is 86.0. The fourth-order valence-corrected chi connectivity index (χ4v) is 17.7. The number of aromatic nitrogens is 9. The summed E-state index contributed by atoms with van der Waals surface area (Å²) in [5.74, 6) is 6.10. The van der Waals surface area contributed by atoms with Gasteiger partial charge in [0.05, 0.1) is 154 Å². The van der Waals surface area contributed by atoms with Gasteiger partial charge >= 0.3 is 0 Å². The van der Waals surface area contributed by atoms with E-state index in [-0.39, 0.29) is 65.3 Å². The minimum atomic E-state index is -0.101. The molecule has 0 amide bonds. The molecule has 6 aliphatic rings. The van der Waals surface area contributed by atoms with E-state index in [2.05, 4.69) is 102 Å². The highest BCUT2D eigenvalue weighted by molar-refractivity contribution is 6.42. The van der Waals surface area contributed by atoms with Crippen LogP contribution in [0.1, 0.15) is 44.9 Å². The van der Waals surface area contributed by atoms with Crippen molar-refractivity contribution < 1.29 is 57.0 Å². The molecule has 30 nitrogen and oxygen atoms in total. The molecule has 0 spiro atoms. The summed E-state index contributed by atoms with van der Waals surface area (Å²) in [5, 5.41) is 25.0. The number of methoxy groups -OCH3 is 6. The zero-order chi connectivity index (χ0) is 86.6. The van der Waals surface area contributed by atoms with Gasteiger partial charge in [0.1, 0.15) is 51.0 Å². The smallest absolute Gasteiger partial charge is 0.223 e. The predicted octanol–water partition coefficient (Wildman–Crippen LogP) is 14.7. The van der Waals surface area contributed by atoms with Crippen LogP contribution >= 0.6 is 69.6 Å². The zero-order valence-corrected chi connectivity index (χ0v) is 74.0. The number of allylic oxidation sites excluding steroid dienone is 3. The molecular weight excluding hydrogens is 1690 g/mol. The first kappa shape index (κ1) is 90.2. The number of benzene rings is 3. The van der Waals surface area contributed by atoms with Gasteiger partial charge in [-0.2, -0.15) is 0 Å². The summed E-state index contributed by atoms with van der Waals surface area (Å²) in [6, 6.07) is 10.6. The van der Waals surface area contributed by atoms with Crippen molar-refractivity contribution in [1.82, 2.24) is 59.6 Å². The molecule has 0 bridgehead atoms. The molecule has 3 aromatic carbocycles. The van der Waals surface area contributed by atoms with E-state index < -0.39 is 0 Å². The van der Waals surface area contributed by atoms with Crippen molar-refractivity contribution in [1.29, 1.82) is 0 Å². The Morgan fingerprint density at radius 2 is 0.713 bits per heavy atom. The van der Waals surface area contributed by atoms with Crippen molar-refractivity contribution in [2.24, 2.45) is 23.7 Å². The molecule has 9 aromatic rings. The third-order valence-electron chi connectivity index (χ3n) is 22.7. The lowest BCUT2D eigenvalue weighted by molar-refractivity contribution is -0.116. The minimum Gasteiger partial charge on any atom is -0.495 e. The number of likely N-dealkylation sites (tertiary alicyclic amines) is 3. The Morgan fingerprint density at radius 1 is 0.410 bits per heavy atom. The van der Waals surface area contributed by atoms with Crippen LogP contribution in [0.4, 0.5) is 35.3 Å². The number of fused-ring (bicyclic) bond motifs is 3. The number of likely N-dealkylation sites (N-methyl/N-ethyl adjacent to an activating group) is 1. The number of nitrogens with one attached hydrogen (secondary N) is 6. The van der Waals surface area contributed by atoms with Crippen LogP contribution in [0.2, 0.25) is 30.1 Å². The molecule has 0 saturated carbocycles. The lowest BCUT2D eigenvalue weighted by Crippen LogP contribution is -2.52. The number of anilines is 6. The molecule has 648 valence electrons. The van der Waals surface area contributed by atoms with Gasteiger partial charge in [-0.15, -0.1) is 0 Å². The average molecular weight is 1790 g/mol. The van der Waals surface area contributed by atoms with E-state index >= 15 is 0 Å². The van der Waals surface area contributed by atoms with Crippen LogP contribution in [0.25, 0.3) is 66.5 Å². The summed E-state index contributed by atoms with van der Waals surface area (Å²) in [7, 11) is 15.5. The van der Waals surface area contributed by atoms with Crippen molar-refractivity contribution in [3.63, 3.8) is 0 Å². The number of ketones is 3. The van der Waals surface area contributed by atoms with Gasteiger partial charge in [0.2, 0.25) is 17.8 Å². The van der Waals surface area contributed by atoms with Gasteiger partial charge in [-0.05, 0) is 115 Å². The molecule has 6 fully saturated rings. The largest absolute Gasteiger partial charge is 0.495 e. The standard InChI is InChI=1S/C30H36Cl2N6O4.C29H34Cl2N6O4.C27H30Cl2N6O4/c1-5-20(39)10-19-15-42-16-22(19)36-30-34-14-18-11-21(25-26(31)23(40-3)12-24(41-4)27(25)32)35-29(28(18)37-30)33-13-17-6-8-38(2)9-7-17;1-5-19(38)10-17-14-41-15-21(17)35-29-32-13-16-11-20(24-25(30)22(39-3)12-23(40-4)26(24)31)34-28(27(16)36-29)33-18-6-8-37(2)9-7-18;1-5-17(36)6-15-12-39-13-19(15)33-27-30-9-14-7-18(22-23(28)20(37-3)8-21(38-4)24(22)29)32-26(25(14)34-27)31-16-10-35(2)11-16/h5,11-12,14,17,19,22H,1,6-10,13,15-16H2,2-4H3,(H,33,35)(H,34,36,37);5,11-13,17-18,21H,1,6-10,14-15H2,2-4H3,(H,33,34)(H,32,35,36);5,7-9,15-16,19H,1,6,10-13H2,2-4H3,(H,31,32)(H,30,33,34)/t19-,22+;17-,21+;15-,19+/m000/s1. The van der Waals surface area contributed by atoms with Crippen molar-refractivity contribution in [2.75, 3.05) is 181 Å². The summed E-state index contributed by atoms with van der Waals surface area (Å²) in [6.45, 7) is 20.2. The Balaban J connectivity index is 0.000000158. The molecule has 6 atom stereocenters. The van der Waals surface area contributed by atoms with E-state index in [9.17, 15) is 14.4 Å². The monoisotopic (exact) mass is 1790 g/mol. The van der Waals surface area contributed by atoms with Gasteiger partial charge in [-0.3, -0.25) is 14.4 Å². The Morgan fingerprint density at radius 3 is 1.02 bits per heavy atom. The van der Waals surface area contributed by atoms with Gasteiger partial charge in [0, 0.05) is 132 Å². The second-order valence-electron chi connectivity index (χ2n) is 31.0. The fourth-order valence-electron chi connectivity index (χ4n) is 15.6. The van der Waals surface area contributed by atoms with Crippen LogP contribution in [0, 0.1) is 23.7 Å². The van der Waals surface area contributed by atoms with E-state index in [1.807, 2.05) is 18.2 Å². The summed E-state index contributed by atoms with van der Waals surface area (Å²) >= 11 is 40.5. The molecule has 0 radical (unpaired) electrons. The number of nitrogens with zero attached hydrogens (tertiary/aromatic N) is 12. The molecule has 6 aliphatic heterocycles. The first-order valence-corrected chi connectivity index (χ1v) is 42.3. The first-order valence-electron chi connectivity index (χ1n) is 40.1. The van der Waals surface area contributed by atoms with Gasteiger partial charge in [-0.25, -0.2) is 44.9 Å². The van der Waals surface area contributed by atoms with Crippen LogP contribution in [-0.4, -0.2) is 256 Å². The highest BCUT2D eigenvalue weighted by atomic mass is 35.5. The molecular formula is C86H100Cl6N18O12. The molecule has 6 saturated heterocycles. The number of carbonyl (C=O) groups is 3. The highest BCUT2D eigenvalue weighted by Crippen LogP contribution is 2.50. The van der Waals surface area contributed by atoms with E-state index in [0.29, 0.717) is 215 Å². The second kappa shape index (κ2) is 41.3. The summed E-state index contributed by atoms with van der Waals surface area (Å²) in [6.07, 6.45) is 14.5. The maximum Gasteiger partial charge on any atom is 0.223 e. The normalized spacial score (nSPS) is 19.6. The first-order chi connectivity index (χ1) is 58.9. The van der Waals surface area contributed by atoms with E-state index in [1.165, 1.54) is 60.9 Å². The Bertz CT molecular complexity index is 5270. The second-order valence-corrected chi connectivity index (χ2v) is 33.3. The Kier molecular flexibility index (Phi) is 30.5. The number of hydrogen-bond donors (Lipinski definition) is 6. The zero-order valence-electron chi connectivity index (χ0n) is 69.4. The van der Waals surface area contributed by atoms with Crippen molar-refractivity contribution >= 4 is 155 Å². The summed E-state index contributed by atoms with van der Waals surface area (Å²) in [5.41, 5.74) is 5.05. The molecule has 15 rings (SSSR count). The molecule has 36 heteroatoms. The third-order valence-corrected chi connectivity index (χ3v) is 24.9. The average Bonchev–Trinajstić information content (AvgIpc) is 0.789. The number of carbonyl (C=O) groups excluding carboxylic acids is 3. The van der Waals surface area contributed by atoms with E-state index in [4.69, 9.17) is 142 Å². The highest BCUT2D eigenvalue weighted by Gasteiger charge is 2.36. The molecule has 122 heavy (non-hydrogen) atoms. The van der Waals surface area contributed by atoms with Gasteiger partial charge in [0.15, 0.2) is 34.8 Å². The number of ether oxygens (including phenoxy) is 9. The lowest BCUT2D eigenvalue weighted by Gasteiger charge is -2.37. The number of rotatable bonds is 31. The van der Waals surface area contributed by atoms with Crippen LogP contribution in [0.5, 0.6) is 34.5 Å². The number of hydrogen-bond acceptors (Lipinski definition) is 30. The predicted molar refractivity (Wildman–Crippen MR) is 480 cm³/mol. The maximum absolute atomic E-state index is 12.0. The van der Waals surface area contributed by atoms with Crippen LogP contribution < -0.4 is 60.3 Å². The van der Waals surface area contributed by atoms with Crippen molar-refractivity contribution in [3.8, 4) is 68.3 Å². The lowest BCUT2D eigenvalue weighted by atomic mass is 9.97. The van der Waals surface area contributed by atoms with Crippen molar-refractivity contribution in [3.05, 3.63) is 123 Å². The SMILES string of the molecule is C=CC(=O)C[C@H]1COC[C@H]1Nc1ncc2cc(-c3c(Cl)c(OC)cc(OC)c3Cl)nc(NC3CCN(C)CC3)c2n1.C=CC(=O)C[C@H]1COC[C@H]1Nc1ncc2cc(-c3c(Cl)c(OC)cc(OC)c3Cl)nc(NC3CN(C)C3)c2n1.C=CC(=O)C[C@H]1COC[C@H]1Nc1ncc2cc(-c3c(Cl)c(OC)cc(OC)c3Cl)nc(NCC3CCN(C)CC3)c2n1. The maximum atomic E-state index is 12.0. The summed E-state index contributed by atoms with van der Waals surface area (Å²) < 4.78 is 49.8. The van der Waals surface area contributed by atoms with Crippen molar-refractivity contribution in [2.45, 2.75) is 75.2 Å². The fraction of sp³-hybridized carbons (Fsp3) is 0.442. The Hall–Kier alpha value is -9.54. The van der Waals surface area contributed by atoms with E-state index in [1.54, 1.807) is 36.8 Å². The third kappa shape index (κ3) is 21.1. The van der Waals surface area contributed by atoms with Crippen LogP contribution in [0.3, 0.4) is 0 Å². The molecule has 12 heterocycles.